The van der Waals surface area contributed by atoms with Gasteiger partial charge in [-0.15, -0.1) is 0 Å². The molecule has 2 amide bonds. The van der Waals surface area contributed by atoms with Gasteiger partial charge in [-0.25, -0.2) is 14.0 Å². The number of carboxylic acid groups (broad SMARTS) is 1. The molecular formula is C30H30F4N2O5. The summed E-state index contributed by atoms with van der Waals surface area (Å²) < 4.78 is 63.8. The molecule has 4 rings (SSSR count). The second-order valence-corrected chi connectivity index (χ2v) is 10.1. The zero-order valence-electron chi connectivity index (χ0n) is 22.5. The van der Waals surface area contributed by atoms with Crippen molar-refractivity contribution in [3.63, 3.8) is 0 Å². The Morgan fingerprint density at radius 3 is 2.24 bits per heavy atom. The lowest BCUT2D eigenvalue weighted by Gasteiger charge is -2.26. The molecule has 1 heterocycles. The van der Waals surface area contributed by atoms with E-state index in [1.165, 1.54) is 37.3 Å². The summed E-state index contributed by atoms with van der Waals surface area (Å²) in [5.74, 6) is -1.48. The van der Waals surface area contributed by atoms with Gasteiger partial charge >= 0.3 is 18.2 Å². The monoisotopic (exact) mass is 574 g/mol. The van der Waals surface area contributed by atoms with Crippen LogP contribution in [-0.2, 0) is 23.9 Å². The molecule has 0 aromatic heterocycles. The van der Waals surface area contributed by atoms with Gasteiger partial charge in [0, 0.05) is 33.0 Å². The molecule has 0 saturated carbocycles. The van der Waals surface area contributed by atoms with Gasteiger partial charge in [-0.3, -0.25) is 0 Å². The van der Waals surface area contributed by atoms with Gasteiger partial charge in [-0.05, 0) is 54.4 Å². The fourth-order valence-electron chi connectivity index (χ4n) is 4.60. The van der Waals surface area contributed by atoms with E-state index in [9.17, 15) is 32.3 Å². The number of carboxylic acids is 1. The van der Waals surface area contributed by atoms with Crippen molar-refractivity contribution in [2.24, 2.45) is 0 Å². The predicted molar refractivity (Wildman–Crippen MR) is 142 cm³/mol. The Labute approximate surface area is 234 Å². The quantitative estimate of drug-likeness (QED) is 0.284. The van der Waals surface area contributed by atoms with Gasteiger partial charge in [-0.1, -0.05) is 36.4 Å². The van der Waals surface area contributed by atoms with Gasteiger partial charge in [0.1, 0.15) is 5.75 Å². The molecule has 1 aliphatic rings. The summed E-state index contributed by atoms with van der Waals surface area (Å²) in [4.78, 5) is 27.8. The smallest absolute Gasteiger partial charge is 0.416 e. The Morgan fingerprint density at radius 2 is 1.63 bits per heavy atom. The van der Waals surface area contributed by atoms with E-state index in [0.29, 0.717) is 36.4 Å². The van der Waals surface area contributed by atoms with Gasteiger partial charge in [-0.2, -0.15) is 13.2 Å². The molecule has 0 aliphatic carbocycles. The largest absolute Gasteiger partial charge is 0.494 e. The van der Waals surface area contributed by atoms with E-state index in [0.717, 1.165) is 12.1 Å². The lowest BCUT2D eigenvalue weighted by molar-refractivity contribution is -0.153. The molecule has 0 bridgehead atoms. The minimum absolute atomic E-state index is 0.0132. The van der Waals surface area contributed by atoms with Crippen molar-refractivity contribution >= 4 is 12.0 Å². The zero-order valence-corrected chi connectivity index (χ0v) is 22.5. The molecule has 1 fully saturated rings. The number of hydrogen-bond acceptors (Lipinski definition) is 4. The number of halogens is 4. The molecule has 7 nitrogen and oxygen atoms in total. The number of urea groups is 1. The SMILES string of the molecule is CN1C(=O)N(Cc2ccc(C(F)(F)F)cc2)C[C@@H]1CCOc1ccc(C[C@@](C)(Oc2ccccc2F)C(=O)O)cc1. The average molecular weight is 575 g/mol. The summed E-state index contributed by atoms with van der Waals surface area (Å²) in [6, 6.07) is 16.8. The number of nitrogens with zero attached hydrogens (tertiary/aromatic N) is 2. The van der Waals surface area contributed by atoms with Crippen molar-refractivity contribution in [1.29, 1.82) is 0 Å². The first-order valence-corrected chi connectivity index (χ1v) is 12.9. The van der Waals surface area contributed by atoms with Crippen molar-refractivity contribution < 1.29 is 41.7 Å². The van der Waals surface area contributed by atoms with E-state index in [2.05, 4.69) is 0 Å². The summed E-state index contributed by atoms with van der Waals surface area (Å²) in [5.41, 5.74) is -1.18. The molecule has 0 radical (unpaired) electrons. The van der Waals surface area contributed by atoms with Crippen LogP contribution in [0.1, 0.15) is 30.0 Å². The van der Waals surface area contributed by atoms with Gasteiger partial charge < -0.3 is 24.4 Å². The number of likely N-dealkylation sites (N-methyl/N-ethyl adjacent to an activating group) is 1. The molecule has 3 aromatic rings. The van der Waals surface area contributed by atoms with Crippen molar-refractivity contribution in [3.05, 3.63) is 95.3 Å². The lowest BCUT2D eigenvalue weighted by Crippen LogP contribution is -2.43. The molecule has 2 atom stereocenters. The van der Waals surface area contributed by atoms with E-state index in [4.69, 9.17) is 9.47 Å². The number of alkyl halides is 3. The highest BCUT2D eigenvalue weighted by Gasteiger charge is 2.37. The van der Waals surface area contributed by atoms with Crippen LogP contribution >= 0.6 is 0 Å². The van der Waals surface area contributed by atoms with Crippen LogP contribution in [0.25, 0.3) is 0 Å². The molecule has 0 spiro atoms. The Balaban J connectivity index is 1.28. The topological polar surface area (TPSA) is 79.3 Å². The number of ether oxygens (including phenoxy) is 2. The Morgan fingerprint density at radius 1 is 1.00 bits per heavy atom. The second kappa shape index (κ2) is 12.1. The van der Waals surface area contributed by atoms with Gasteiger partial charge in [0.15, 0.2) is 11.6 Å². The number of benzene rings is 3. The average Bonchev–Trinajstić information content (AvgIpc) is 3.18. The normalized spacial score (nSPS) is 16.9. The first kappa shape index (κ1) is 29.7. The van der Waals surface area contributed by atoms with Gasteiger partial charge in [0.2, 0.25) is 5.60 Å². The van der Waals surface area contributed by atoms with Gasteiger partial charge in [0.05, 0.1) is 18.2 Å². The van der Waals surface area contributed by atoms with Crippen LogP contribution in [0.4, 0.5) is 22.4 Å². The maximum Gasteiger partial charge on any atom is 0.416 e. The highest BCUT2D eigenvalue weighted by atomic mass is 19.4. The van der Waals surface area contributed by atoms with E-state index in [1.54, 1.807) is 47.2 Å². The van der Waals surface area contributed by atoms with E-state index in [-0.39, 0.29) is 30.8 Å². The number of amides is 2. The zero-order chi connectivity index (χ0) is 29.8. The predicted octanol–water partition coefficient (Wildman–Crippen LogP) is 6.01. The van der Waals surface area contributed by atoms with Crippen molar-refractivity contribution in [1.82, 2.24) is 9.80 Å². The molecule has 1 aliphatic heterocycles. The van der Waals surface area contributed by atoms with E-state index >= 15 is 0 Å². The first-order valence-electron chi connectivity index (χ1n) is 12.9. The number of rotatable bonds is 11. The van der Waals surface area contributed by atoms with Crippen LogP contribution < -0.4 is 9.47 Å². The standard InChI is InChI=1S/C30H30F4N2O5/c1-29(27(37)38,41-26-6-4-3-5-25(26)31)17-20-9-13-24(14-10-20)40-16-15-23-19-36(28(39)35(23)2)18-21-7-11-22(12-8-21)30(32,33)34/h3-14,23H,15-19H2,1-2H3,(H,37,38)/t23-,29+/m0/s1. The highest BCUT2D eigenvalue weighted by Crippen LogP contribution is 2.30. The third-order valence-electron chi connectivity index (χ3n) is 7.01. The van der Waals surface area contributed by atoms with Crippen molar-refractivity contribution in [3.8, 4) is 11.5 Å². The molecule has 1 N–H and O–H groups in total. The molecule has 41 heavy (non-hydrogen) atoms. The van der Waals surface area contributed by atoms with Crippen molar-refractivity contribution in [2.45, 2.75) is 44.1 Å². The number of aliphatic carboxylic acids is 1. The number of hydrogen-bond donors (Lipinski definition) is 1. The second-order valence-electron chi connectivity index (χ2n) is 10.1. The molecular weight excluding hydrogens is 544 g/mol. The van der Waals surface area contributed by atoms with Crippen LogP contribution in [0.5, 0.6) is 11.5 Å². The van der Waals surface area contributed by atoms with Crippen LogP contribution in [0.2, 0.25) is 0 Å². The Hall–Kier alpha value is -4.28. The number of para-hydroxylation sites is 1. The number of carbonyl (C=O) groups is 2. The molecule has 3 aromatic carbocycles. The molecule has 0 unspecified atom stereocenters. The number of carbonyl (C=O) groups excluding carboxylic acids is 1. The fourth-order valence-corrected chi connectivity index (χ4v) is 4.60. The lowest BCUT2D eigenvalue weighted by atomic mass is 9.96. The summed E-state index contributed by atoms with van der Waals surface area (Å²) in [5, 5.41) is 9.76. The maximum absolute atomic E-state index is 14.0. The first-order chi connectivity index (χ1) is 19.4. The Bertz CT molecular complexity index is 1360. The minimum Gasteiger partial charge on any atom is -0.494 e. The fraction of sp³-hybridized carbons (Fsp3) is 0.333. The third-order valence-corrected chi connectivity index (χ3v) is 7.01. The maximum atomic E-state index is 14.0. The molecule has 11 heteroatoms. The van der Waals surface area contributed by atoms with Crippen molar-refractivity contribution in [2.75, 3.05) is 20.2 Å². The summed E-state index contributed by atoms with van der Waals surface area (Å²) >= 11 is 0. The van der Waals surface area contributed by atoms with Crippen LogP contribution in [0.15, 0.2) is 72.8 Å². The third kappa shape index (κ3) is 7.27. The summed E-state index contributed by atoms with van der Waals surface area (Å²) in [7, 11) is 1.68. The molecule has 1 saturated heterocycles. The van der Waals surface area contributed by atoms with E-state index < -0.39 is 29.1 Å². The minimum atomic E-state index is -4.41. The highest BCUT2D eigenvalue weighted by molar-refractivity contribution is 5.78. The van der Waals surface area contributed by atoms with E-state index in [1.807, 2.05) is 0 Å². The van der Waals surface area contributed by atoms with Gasteiger partial charge in [0.25, 0.3) is 0 Å². The van der Waals surface area contributed by atoms with Crippen LogP contribution in [-0.4, -0.2) is 58.7 Å². The summed E-state index contributed by atoms with van der Waals surface area (Å²) in [6.45, 7) is 2.30. The van der Waals surface area contributed by atoms with Crippen LogP contribution in [0.3, 0.4) is 0 Å². The summed E-state index contributed by atoms with van der Waals surface area (Å²) in [6.07, 6.45) is -3.90. The van der Waals surface area contributed by atoms with Crippen LogP contribution in [0, 0.1) is 5.82 Å². The Kier molecular flexibility index (Phi) is 8.74. The molecule has 218 valence electrons.